The van der Waals surface area contributed by atoms with E-state index in [2.05, 4.69) is 26.3 Å². The van der Waals surface area contributed by atoms with Gasteiger partial charge in [0.1, 0.15) is 11.9 Å². The van der Waals surface area contributed by atoms with Gasteiger partial charge >= 0.3 is 6.18 Å². The number of anilines is 1. The van der Waals surface area contributed by atoms with Crippen LogP contribution in [0.5, 0.6) is 0 Å². The summed E-state index contributed by atoms with van der Waals surface area (Å²) in [6.45, 7) is 4.47. The first kappa shape index (κ1) is 28.0. The van der Waals surface area contributed by atoms with Crippen molar-refractivity contribution in [1.29, 1.82) is 5.26 Å². The van der Waals surface area contributed by atoms with Crippen molar-refractivity contribution in [2.45, 2.75) is 38.0 Å². The van der Waals surface area contributed by atoms with Gasteiger partial charge < -0.3 is 15.0 Å². The van der Waals surface area contributed by atoms with Crippen LogP contribution in [0, 0.1) is 11.3 Å². The summed E-state index contributed by atoms with van der Waals surface area (Å²) in [7, 11) is 0. The minimum absolute atomic E-state index is 0.102. The third-order valence-electron chi connectivity index (χ3n) is 7.01. The number of halogens is 3. The standard InChI is InChI=1S/C28H29F3N6O2S/c29-28(30,31)27-34-22(24-8-7-21(40-24)18-36-12-14-39-15-13-36)16-25(35-27)37-11-1-2-23(37)26(38)33-10-9-19-3-5-20(17-32)6-4-19/h3-8,16,23H,1-2,9-15,18H2,(H,33,38). The fourth-order valence-electron chi connectivity index (χ4n) is 4.92. The van der Waals surface area contributed by atoms with Crippen molar-refractivity contribution in [3.63, 3.8) is 0 Å². The minimum Gasteiger partial charge on any atom is -0.379 e. The first-order valence-electron chi connectivity index (χ1n) is 13.2. The number of nitrogens with one attached hydrogen (secondary N) is 1. The smallest absolute Gasteiger partial charge is 0.379 e. The van der Waals surface area contributed by atoms with E-state index in [-0.39, 0.29) is 17.4 Å². The fourth-order valence-corrected chi connectivity index (χ4v) is 5.93. The highest BCUT2D eigenvalue weighted by molar-refractivity contribution is 7.15. The number of nitrogens with zero attached hydrogens (tertiary/aromatic N) is 5. The lowest BCUT2D eigenvalue weighted by molar-refractivity contribution is -0.144. The molecule has 0 radical (unpaired) electrons. The number of morpholine rings is 1. The predicted octanol–water partition coefficient (Wildman–Crippen LogP) is 4.26. The van der Waals surface area contributed by atoms with Crippen molar-refractivity contribution >= 4 is 23.1 Å². The van der Waals surface area contributed by atoms with Gasteiger partial charge in [-0.1, -0.05) is 12.1 Å². The molecular weight excluding hydrogens is 541 g/mol. The molecule has 1 atom stereocenters. The number of thiophene rings is 1. The molecule has 0 saturated carbocycles. The summed E-state index contributed by atoms with van der Waals surface area (Å²) in [6.07, 6.45) is -2.97. The number of carbonyl (C=O) groups is 1. The molecule has 2 aliphatic rings. The van der Waals surface area contributed by atoms with Crippen LogP contribution in [0.15, 0.2) is 42.5 Å². The molecule has 2 saturated heterocycles. The zero-order valence-corrected chi connectivity index (χ0v) is 22.6. The number of benzene rings is 1. The van der Waals surface area contributed by atoms with Gasteiger partial charge in [0.15, 0.2) is 0 Å². The molecule has 3 aromatic rings. The summed E-state index contributed by atoms with van der Waals surface area (Å²) in [6, 6.07) is 13.8. The van der Waals surface area contributed by atoms with Gasteiger partial charge in [-0.2, -0.15) is 18.4 Å². The minimum atomic E-state index is -4.72. The number of ether oxygens (including phenoxy) is 1. The van der Waals surface area contributed by atoms with Crippen molar-refractivity contribution in [2.24, 2.45) is 0 Å². The average molecular weight is 571 g/mol. The number of alkyl halides is 3. The maximum Gasteiger partial charge on any atom is 0.451 e. The number of carbonyl (C=O) groups excluding carboxylic acids is 1. The number of aromatic nitrogens is 2. The molecule has 0 bridgehead atoms. The van der Waals surface area contributed by atoms with E-state index in [1.54, 1.807) is 29.2 Å². The monoisotopic (exact) mass is 570 g/mol. The van der Waals surface area contributed by atoms with Crippen LogP contribution < -0.4 is 10.2 Å². The number of hydrogen-bond acceptors (Lipinski definition) is 8. The van der Waals surface area contributed by atoms with Gasteiger partial charge in [-0.3, -0.25) is 9.69 Å². The van der Waals surface area contributed by atoms with E-state index in [0.29, 0.717) is 62.6 Å². The highest BCUT2D eigenvalue weighted by Crippen LogP contribution is 2.35. The number of amides is 1. The Kier molecular flexibility index (Phi) is 8.63. The van der Waals surface area contributed by atoms with E-state index < -0.39 is 18.0 Å². The van der Waals surface area contributed by atoms with Gasteiger partial charge in [-0.05, 0) is 49.1 Å². The van der Waals surface area contributed by atoms with Gasteiger partial charge in [0.25, 0.3) is 0 Å². The van der Waals surface area contributed by atoms with Gasteiger partial charge in [0.05, 0.1) is 35.4 Å². The Hall–Kier alpha value is -3.53. The lowest BCUT2D eigenvalue weighted by Gasteiger charge is -2.26. The third-order valence-corrected chi connectivity index (χ3v) is 8.10. The summed E-state index contributed by atoms with van der Waals surface area (Å²) in [5.41, 5.74) is 1.73. The highest BCUT2D eigenvalue weighted by atomic mass is 32.1. The first-order chi connectivity index (χ1) is 19.3. The Morgan fingerprint density at radius 3 is 2.62 bits per heavy atom. The number of rotatable bonds is 8. The molecule has 1 unspecified atom stereocenters. The predicted molar refractivity (Wildman–Crippen MR) is 145 cm³/mol. The highest BCUT2D eigenvalue weighted by Gasteiger charge is 2.38. The van der Waals surface area contributed by atoms with E-state index >= 15 is 0 Å². The zero-order chi connectivity index (χ0) is 28.1. The summed E-state index contributed by atoms with van der Waals surface area (Å²) in [5, 5.41) is 11.8. The maximum atomic E-state index is 13.8. The van der Waals surface area contributed by atoms with Crippen LogP contribution in [-0.2, 0) is 28.7 Å². The molecule has 40 heavy (non-hydrogen) atoms. The molecule has 1 amide bonds. The molecule has 0 aliphatic carbocycles. The maximum absolute atomic E-state index is 13.8. The first-order valence-corrected chi connectivity index (χ1v) is 14.0. The normalized spacial score (nSPS) is 18.1. The molecule has 1 aromatic carbocycles. The lowest BCUT2D eigenvalue weighted by atomic mass is 10.1. The van der Waals surface area contributed by atoms with Gasteiger partial charge in [0.2, 0.25) is 11.7 Å². The molecule has 0 spiro atoms. The van der Waals surface area contributed by atoms with Crippen molar-refractivity contribution in [2.75, 3.05) is 44.3 Å². The van der Waals surface area contributed by atoms with E-state index in [1.807, 2.05) is 18.2 Å². The van der Waals surface area contributed by atoms with Crippen LogP contribution in [-0.4, -0.2) is 66.2 Å². The number of nitriles is 1. The van der Waals surface area contributed by atoms with Crippen LogP contribution in [0.3, 0.4) is 0 Å². The molecule has 2 aromatic heterocycles. The topological polar surface area (TPSA) is 94.4 Å². The summed E-state index contributed by atoms with van der Waals surface area (Å²) in [4.78, 5) is 26.4. The molecular formula is C28H29F3N6O2S. The molecule has 8 nitrogen and oxygen atoms in total. The summed E-state index contributed by atoms with van der Waals surface area (Å²) < 4.78 is 46.9. The molecule has 4 heterocycles. The van der Waals surface area contributed by atoms with Crippen LogP contribution >= 0.6 is 11.3 Å². The summed E-state index contributed by atoms with van der Waals surface area (Å²) >= 11 is 1.41. The SMILES string of the molecule is N#Cc1ccc(CCNC(=O)C2CCCN2c2cc(-c3ccc(CN4CCOCC4)s3)nc(C(F)(F)F)n2)cc1. The fraction of sp³-hybridized carbons (Fsp3) is 0.429. The van der Waals surface area contributed by atoms with E-state index in [9.17, 15) is 18.0 Å². The number of hydrogen-bond donors (Lipinski definition) is 1. The van der Waals surface area contributed by atoms with E-state index in [1.165, 1.54) is 11.3 Å². The van der Waals surface area contributed by atoms with Crippen molar-refractivity contribution in [3.8, 4) is 16.6 Å². The quantitative estimate of drug-likeness (QED) is 0.433. The zero-order valence-electron chi connectivity index (χ0n) is 21.8. The Morgan fingerprint density at radius 1 is 1.12 bits per heavy atom. The van der Waals surface area contributed by atoms with Crippen LogP contribution in [0.25, 0.3) is 10.6 Å². The Bertz CT molecular complexity index is 1370. The third kappa shape index (κ3) is 6.78. The molecule has 1 N–H and O–H groups in total. The van der Waals surface area contributed by atoms with Gasteiger partial charge in [-0.15, -0.1) is 11.3 Å². The largest absolute Gasteiger partial charge is 0.451 e. The average Bonchev–Trinajstić information content (AvgIpc) is 3.64. The van der Waals surface area contributed by atoms with Gasteiger partial charge in [0, 0.05) is 43.7 Å². The molecule has 2 aliphatic heterocycles. The van der Waals surface area contributed by atoms with Gasteiger partial charge in [-0.25, -0.2) is 9.97 Å². The van der Waals surface area contributed by atoms with E-state index in [0.717, 1.165) is 23.5 Å². The Balaban J connectivity index is 1.31. The van der Waals surface area contributed by atoms with Crippen molar-refractivity contribution in [1.82, 2.24) is 20.2 Å². The molecule has 2 fully saturated rings. The Morgan fingerprint density at radius 2 is 1.90 bits per heavy atom. The molecule has 12 heteroatoms. The second-order valence-corrected chi connectivity index (χ2v) is 11.0. The van der Waals surface area contributed by atoms with Crippen LogP contribution in [0.2, 0.25) is 0 Å². The summed E-state index contributed by atoms with van der Waals surface area (Å²) in [5.74, 6) is -1.36. The van der Waals surface area contributed by atoms with Crippen molar-refractivity contribution in [3.05, 3.63) is 64.3 Å². The lowest BCUT2D eigenvalue weighted by Crippen LogP contribution is -2.44. The molecule has 210 valence electrons. The Labute approximate surface area is 234 Å². The second-order valence-electron chi connectivity index (χ2n) is 9.79. The van der Waals surface area contributed by atoms with E-state index in [4.69, 9.17) is 10.00 Å². The second kappa shape index (κ2) is 12.3. The van der Waals surface area contributed by atoms with Crippen LogP contribution in [0.1, 0.15) is 34.7 Å². The molecule has 5 rings (SSSR count). The van der Waals surface area contributed by atoms with Crippen LogP contribution in [0.4, 0.5) is 19.0 Å². The van der Waals surface area contributed by atoms with Crippen molar-refractivity contribution < 1.29 is 22.7 Å².